The number of piperazine rings is 1. The van der Waals surface area contributed by atoms with Gasteiger partial charge in [-0.1, -0.05) is 37.3 Å². The van der Waals surface area contributed by atoms with Gasteiger partial charge in [0.05, 0.1) is 12.5 Å². The van der Waals surface area contributed by atoms with Gasteiger partial charge in [0.15, 0.2) is 0 Å². The van der Waals surface area contributed by atoms with Crippen molar-refractivity contribution in [3.8, 4) is 0 Å². The fourth-order valence-electron chi connectivity index (χ4n) is 2.35. The first kappa shape index (κ1) is 14.5. The van der Waals surface area contributed by atoms with Crippen molar-refractivity contribution in [2.24, 2.45) is 11.7 Å². The van der Waals surface area contributed by atoms with Crippen LogP contribution in [0.1, 0.15) is 18.5 Å². The van der Waals surface area contributed by atoms with E-state index in [2.05, 4.69) is 0 Å². The zero-order chi connectivity index (χ0) is 14.7. The molecule has 1 aliphatic rings. The normalized spacial score (nSPS) is 18.9. The average molecular weight is 275 g/mol. The molecule has 2 unspecified atom stereocenters. The van der Waals surface area contributed by atoms with Gasteiger partial charge in [0, 0.05) is 26.2 Å². The minimum atomic E-state index is -0.349. The van der Waals surface area contributed by atoms with Gasteiger partial charge in [0.25, 0.3) is 0 Å². The minimum absolute atomic E-state index is 0.0231. The van der Waals surface area contributed by atoms with Crippen molar-refractivity contribution in [3.63, 3.8) is 0 Å². The predicted molar refractivity (Wildman–Crippen MR) is 76.8 cm³/mol. The van der Waals surface area contributed by atoms with Gasteiger partial charge in [-0.05, 0) is 5.56 Å². The molecule has 0 saturated carbocycles. The Morgan fingerprint density at radius 1 is 1.25 bits per heavy atom. The number of amides is 2. The van der Waals surface area contributed by atoms with E-state index < -0.39 is 0 Å². The van der Waals surface area contributed by atoms with Crippen LogP contribution in [0.25, 0.3) is 0 Å². The van der Waals surface area contributed by atoms with E-state index in [0.717, 1.165) is 5.56 Å². The summed E-state index contributed by atoms with van der Waals surface area (Å²) in [6.45, 7) is 3.13. The molecule has 5 nitrogen and oxygen atoms in total. The van der Waals surface area contributed by atoms with Crippen molar-refractivity contribution in [3.05, 3.63) is 35.9 Å². The molecule has 1 aromatic carbocycles. The molecule has 1 aromatic rings. The van der Waals surface area contributed by atoms with Crippen LogP contribution >= 0.6 is 0 Å². The molecule has 20 heavy (non-hydrogen) atoms. The van der Waals surface area contributed by atoms with Crippen molar-refractivity contribution in [2.75, 3.05) is 26.7 Å². The number of carbonyl (C=O) groups excluding carboxylic acids is 2. The minimum Gasteiger partial charge on any atom is -0.342 e. The quantitative estimate of drug-likeness (QED) is 0.879. The highest BCUT2D eigenvalue weighted by atomic mass is 16.2. The van der Waals surface area contributed by atoms with Crippen molar-refractivity contribution >= 4 is 11.8 Å². The smallest absolute Gasteiger partial charge is 0.241 e. The molecule has 5 heteroatoms. The third kappa shape index (κ3) is 2.99. The van der Waals surface area contributed by atoms with Gasteiger partial charge < -0.3 is 15.5 Å². The molecule has 1 heterocycles. The molecule has 1 fully saturated rings. The summed E-state index contributed by atoms with van der Waals surface area (Å²) in [4.78, 5) is 27.4. The Labute approximate surface area is 119 Å². The van der Waals surface area contributed by atoms with Crippen LogP contribution in [-0.2, 0) is 9.59 Å². The van der Waals surface area contributed by atoms with Crippen LogP contribution in [0.15, 0.2) is 30.3 Å². The summed E-state index contributed by atoms with van der Waals surface area (Å²) in [6, 6.07) is 9.23. The molecular weight excluding hydrogens is 254 g/mol. The SMILES string of the molecule is CC(C(=O)N1CCN(C)C(=O)C1)C(N)c1ccccc1. The van der Waals surface area contributed by atoms with E-state index in [4.69, 9.17) is 5.73 Å². The van der Waals surface area contributed by atoms with Gasteiger partial charge in [-0.15, -0.1) is 0 Å². The molecule has 108 valence electrons. The van der Waals surface area contributed by atoms with Crippen LogP contribution in [-0.4, -0.2) is 48.3 Å². The molecule has 2 amide bonds. The third-order valence-corrected chi connectivity index (χ3v) is 3.88. The van der Waals surface area contributed by atoms with Crippen molar-refractivity contribution in [1.29, 1.82) is 0 Å². The Kier molecular flexibility index (Phi) is 4.39. The molecular formula is C15H21N3O2. The number of hydrogen-bond donors (Lipinski definition) is 1. The molecule has 0 aliphatic carbocycles. The summed E-state index contributed by atoms with van der Waals surface area (Å²) in [6.07, 6.45) is 0. The lowest BCUT2D eigenvalue weighted by Crippen LogP contribution is -2.52. The van der Waals surface area contributed by atoms with Crippen LogP contribution in [0.5, 0.6) is 0 Å². The van der Waals surface area contributed by atoms with E-state index in [9.17, 15) is 9.59 Å². The van der Waals surface area contributed by atoms with Gasteiger partial charge in [0.2, 0.25) is 11.8 Å². The molecule has 0 bridgehead atoms. The van der Waals surface area contributed by atoms with E-state index >= 15 is 0 Å². The first-order chi connectivity index (χ1) is 9.50. The van der Waals surface area contributed by atoms with Gasteiger partial charge in [-0.2, -0.15) is 0 Å². The summed E-state index contributed by atoms with van der Waals surface area (Å²) in [7, 11) is 1.75. The first-order valence-corrected chi connectivity index (χ1v) is 6.84. The summed E-state index contributed by atoms with van der Waals surface area (Å²) in [5.74, 6) is -0.415. The zero-order valence-electron chi connectivity index (χ0n) is 12.0. The first-order valence-electron chi connectivity index (χ1n) is 6.84. The fraction of sp³-hybridized carbons (Fsp3) is 0.467. The number of benzene rings is 1. The number of rotatable bonds is 3. The Hall–Kier alpha value is -1.88. The molecule has 1 saturated heterocycles. The lowest BCUT2D eigenvalue weighted by atomic mass is 9.94. The van der Waals surface area contributed by atoms with Crippen LogP contribution in [0.3, 0.4) is 0 Å². The van der Waals surface area contributed by atoms with Crippen molar-refractivity contribution in [2.45, 2.75) is 13.0 Å². The van der Waals surface area contributed by atoms with E-state index in [1.807, 2.05) is 37.3 Å². The number of carbonyl (C=O) groups is 2. The second-order valence-electron chi connectivity index (χ2n) is 5.30. The van der Waals surface area contributed by atoms with Crippen LogP contribution < -0.4 is 5.73 Å². The Morgan fingerprint density at radius 2 is 1.90 bits per heavy atom. The number of hydrogen-bond acceptors (Lipinski definition) is 3. The van der Waals surface area contributed by atoms with Crippen LogP contribution in [0.4, 0.5) is 0 Å². The lowest BCUT2D eigenvalue weighted by Gasteiger charge is -2.34. The second kappa shape index (κ2) is 6.05. The van der Waals surface area contributed by atoms with Crippen molar-refractivity contribution < 1.29 is 9.59 Å². The molecule has 1 aliphatic heterocycles. The van der Waals surface area contributed by atoms with E-state index in [1.165, 1.54) is 0 Å². The molecule has 2 N–H and O–H groups in total. The van der Waals surface area contributed by atoms with Gasteiger partial charge in [-0.25, -0.2) is 0 Å². The Balaban J connectivity index is 2.03. The summed E-state index contributed by atoms with van der Waals surface area (Å²) >= 11 is 0. The second-order valence-corrected chi connectivity index (χ2v) is 5.30. The zero-order valence-corrected chi connectivity index (χ0v) is 12.0. The summed E-state index contributed by atoms with van der Waals surface area (Å²) in [5.41, 5.74) is 7.10. The molecule has 0 spiro atoms. The van der Waals surface area contributed by atoms with Gasteiger partial charge >= 0.3 is 0 Å². The largest absolute Gasteiger partial charge is 0.342 e. The highest BCUT2D eigenvalue weighted by Gasteiger charge is 2.30. The molecule has 2 atom stereocenters. The summed E-state index contributed by atoms with van der Waals surface area (Å²) in [5, 5.41) is 0. The maximum Gasteiger partial charge on any atom is 0.241 e. The number of nitrogens with zero attached hydrogens (tertiary/aromatic N) is 2. The highest BCUT2D eigenvalue weighted by molar-refractivity contribution is 5.87. The van der Waals surface area contributed by atoms with Crippen molar-refractivity contribution in [1.82, 2.24) is 9.80 Å². The Morgan fingerprint density at radius 3 is 2.50 bits per heavy atom. The Bertz CT molecular complexity index is 489. The maximum absolute atomic E-state index is 12.4. The monoisotopic (exact) mass is 275 g/mol. The van der Waals surface area contributed by atoms with Crippen LogP contribution in [0, 0.1) is 5.92 Å². The highest BCUT2D eigenvalue weighted by Crippen LogP contribution is 2.21. The van der Waals surface area contributed by atoms with E-state index in [1.54, 1.807) is 16.8 Å². The van der Waals surface area contributed by atoms with E-state index in [-0.39, 0.29) is 30.3 Å². The third-order valence-electron chi connectivity index (χ3n) is 3.88. The van der Waals surface area contributed by atoms with Gasteiger partial charge in [0.1, 0.15) is 0 Å². The number of nitrogens with two attached hydrogens (primary N) is 1. The predicted octanol–water partition coefficient (Wildman–Crippen LogP) is 0.623. The topological polar surface area (TPSA) is 66.6 Å². The number of likely N-dealkylation sites (N-methyl/N-ethyl adjacent to an activating group) is 1. The van der Waals surface area contributed by atoms with E-state index in [0.29, 0.717) is 13.1 Å². The molecule has 0 radical (unpaired) electrons. The fourth-order valence-corrected chi connectivity index (χ4v) is 2.35. The van der Waals surface area contributed by atoms with Gasteiger partial charge in [-0.3, -0.25) is 9.59 Å². The maximum atomic E-state index is 12.4. The van der Waals surface area contributed by atoms with Crippen LogP contribution in [0.2, 0.25) is 0 Å². The lowest BCUT2D eigenvalue weighted by molar-refractivity contribution is -0.146. The molecule has 0 aromatic heterocycles. The average Bonchev–Trinajstić information content (AvgIpc) is 2.48. The molecule has 2 rings (SSSR count). The standard InChI is InChI=1S/C15H21N3O2/c1-11(14(16)12-6-4-3-5-7-12)15(20)18-9-8-17(2)13(19)10-18/h3-7,11,14H,8-10,16H2,1-2H3. The summed E-state index contributed by atoms with van der Waals surface area (Å²) < 4.78 is 0.